The number of carbonyl (C=O) groups is 1. The molecular formula is C43H61O5P. The van der Waals surface area contributed by atoms with Gasteiger partial charge in [-0.25, -0.2) is 9.36 Å². The van der Waals surface area contributed by atoms with Crippen molar-refractivity contribution < 1.29 is 23.1 Å². The van der Waals surface area contributed by atoms with Gasteiger partial charge >= 0.3 is 13.6 Å². The largest absolute Gasteiger partial charge is 0.458 e. The number of allylic oxidation sites excluding steroid dienone is 1. The Hall–Kier alpha value is -2.36. The topological polar surface area (TPSA) is 61.8 Å². The van der Waals surface area contributed by atoms with E-state index in [2.05, 4.69) is 40.7 Å². The van der Waals surface area contributed by atoms with Crippen LogP contribution in [-0.4, -0.2) is 18.7 Å². The molecule has 0 amide bonds. The minimum absolute atomic E-state index is 0.0975. The third kappa shape index (κ3) is 7.79. The zero-order valence-corrected chi connectivity index (χ0v) is 31.9. The lowest BCUT2D eigenvalue weighted by molar-refractivity contribution is -0.0594. The Morgan fingerprint density at radius 3 is 2.39 bits per heavy atom. The van der Waals surface area contributed by atoms with Crippen LogP contribution < -0.4 is 4.52 Å². The van der Waals surface area contributed by atoms with E-state index >= 15 is 0 Å². The molecule has 6 rings (SSSR count). The van der Waals surface area contributed by atoms with Crippen molar-refractivity contribution in [2.24, 2.45) is 46.3 Å². The maximum atomic E-state index is 13.5. The highest BCUT2D eigenvalue weighted by atomic mass is 31.2. The van der Waals surface area contributed by atoms with Gasteiger partial charge in [0, 0.05) is 6.42 Å². The highest BCUT2D eigenvalue weighted by Crippen LogP contribution is 2.67. The summed E-state index contributed by atoms with van der Waals surface area (Å²) in [5.74, 6) is 5.02. The molecule has 3 saturated carbocycles. The van der Waals surface area contributed by atoms with Crippen LogP contribution in [0.1, 0.15) is 128 Å². The lowest BCUT2D eigenvalue weighted by Crippen LogP contribution is -2.51. The first-order valence-electron chi connectivity index (χ1n) is 19.4. The normalized spacial score (nSPS) is 32.6. The zero-order valence-electron chi connectivity index (χ0n) is 31.0. The molecule has 0 aliphatic heterocycles. The molecule has 0 aromatic heterocycles. The van der Waals surface area contributed by atoms with Crippen molar-refractivity contribution in [2.45, 2.75) is 124 Å². The molecule has 2 aromatic carbocycles. The minimum atomic E-state index is -3.41. The fraction of sp³-hybridized carbons (Fsp3) is 0.651. The van der Waals surface area contributed by atoms with E-state index in [0.717, 1.165) is 60.3 Å². The Morgan fingerprint density at radius 2 is 1.67 bits per heavy atom. The zero-order chi connectivity index (χ0) is 34.8. The SMILES string of the molecule is CCOP(=O)(Cc1ccccc1)Oc1ccc(C(=O)O[C@@H]2CC[C@@]3(C)C(=CC[C@H]4[C@@H]5CC[C@H]([C@H](C)CCCC(C)C)[C@@]5(C)CC[C@@H]43)C2)cc1. The summed E-state index contributed by atoms with van der Waals surface area (Å²) in [5, 5.41) is 0. The molecule has 3 fully saturated rings. The third-order valence-electron chi connectivity index (χ3n) is 13.4. The standard InChI is InChI=1S/C43H61O5P/c1-7-46-49(45,29-32-14-9-8-10-15-32)48-35-19-16-33(17-20-35)41(44)47-36-24-26-42(5)34(28-36)18-21-37-39-23-22-38(31(4)13-11-12-30(2)3)43(39,6)27-25-40(37)42/h8-10,14-20,30-31,36-40H,7,11-13,21-29H2,1-6H3/t31-,36-,37+,38-,39+,40+,42+,43-,49?/m1/s1. The molecule has 0 heterocycles. The second-order valence-electron chi connectivity index (χ2n) is 16.8. The van der Waals surface area contributed by atoms with E-state index in [4.69, 9.17) is 13.8 Å². The lowest BCUT2D eigenvalue weighted by atomic mass is 9.47. The monoisotopic (exact) mass is 688 g/mol. The van der Waals surface area contributed by atoms with Crippen molar-refractivity contribution in [1.82, 2.24) is 0 Å². The van der Waals surface area contributed by atoms with Gasteiger partial charge in [0.15, 0.2) is 0 Å². The molecule has 268 valence electrons. The number of fused-ring (bicyclic) bond motifs is 5. The van der Waals surface area contributed by atoms with Crippen LogP contribution >= 0.6 is 7.60 Å². The first kappa shape index (κ1) is 36.4. The van der Waals surface area contributed by atoms with E-state index < -0.39 is 7.60 Å². The van der Waals surface area contributed by atoms with Gasteiger partial charge in [-0.2, -0.15) is 0 Å². The number of hydrogen-bond donors (Lipinski definition) is 0. The quantitative estimate of drug-likeness (QED) is 0.119. The molecule has 4 aliphatic carbocycles. The fourth-order valence-electron chi connectivity index (χ4n) is 10.9. The minimum Gasteiger partial charge on any atom is -0.458 e. The molecule has 49 heavy (non-hydrogen) atoms. The summed E-state index contributed by atoms with van der Waals surface area (Å²) < 4.78 is 31.1. The summed E-state index contributed by atoms with van der Waals surface area (Å²) in [4.78, 5) is 13.3. The van der Waals surface area contributed by atoms with E-state index in [1.54, 1.807) is 24.3 Å². The van der Waals surface area contributed by atoms with Crippen molar-refractivity contribution in [3.8, 4) is 5.75 Å². The molecule has 9 atom stereocenters. The smallest absolute Gasteiger partial charge is 0.383 e. The van der Waals surface area contributed by atoms with Gasteiger partial charge in [-0.15, -0.1) is 0 Å². The van der Waals surface area contributed by atoms with E-state index in [9.17, 15) is 9.36 Å². The first-order valence-corrected chi connectivity index (χ1v) is 21.1. The van der Waals surface area contributed by atoms with Crippen LogP contribution in [0.3, 0.4) is 0 Å². The second kappa shape index (κ2) is 15.1. The van der Waals surface area contributed by atoms with Crippen molar-refractivity contribution in [1.29, 1.82) is 0 Å². The molecule has 0 bridgehead atoms. The van der Waals surface area contributed by atoms with E-state index in [1.807, 2.05) is 37.3 Å². The van der Waals surface area contributed by atoms with Gasteiger partial charge < -0.3 is 9.26 Å². The summed E-state index contributed by atoms with van der Waals surface area (Å²) in [5.41, 5.74) is 3.62. The van der Waals surface area contributed by atoms with Crippen LogP contribution in [0.15, 0.2) is 66.2 Å². The van der Waals surface area contributed by atoms with Crippen LogP contribution in [0.2, 0.25) is 0 Å². The van der Waals surface area contributed by atoms with Gasteiger partial charge in [0.05, 0.1) is 18.3 Å². The van der Waals surface area contributed by atoms with Crippen LogP contribution in [0.4, 0.5) is 0 Å². The molecular weight excluding hydrogens is 627 g/mol. The fourth-order valence-corrected chi connectivity index (χ4v) is 12.6. The predicted octanol–water partition coefficient (Wildman–Crippen LogP) is 12.1. The molecule has 4 aliphatic rings. The lowest BCUT2D eigenvalue weighted by Gasteiger charge is -2.58. The van der Waals surface area contributed by atoms with Crippen molar-refractivity contribution in [3.63, 3.8) is 0 Å². The number of esters is 1. The summed E-state index contributed by atoms with van der Waals surface area (Å²) in [6.45, 7) is 14.6. The Labute approximate surface area is 296 Å². The molecule has 2 aromatic rings. The summed E-state index contributed by atoms with van der Waals surface area (Å²) in [7, 11) is -3.41. The number of rotatable bonds is 13. The van der Waals surface area contributed by atoms with E-state index in [0.29, 0.717) is 16.7 Å². The van der Waals surface area contributed by atoms with Gasteiger partial charge in [-0.1, -0.05) is 95.9 Å². The maximum absolute atomic E-state index is 13.5. The Bertz CT molecular complexity index is 1500. The number of benzene rings is 2. The van der Waals surface area contributed by atoms with E-state index in [1.165, 1.54) is 56.9 Å². The Morgan fingerprint density at radius 1 is 0.918 bits per heavy atom. The van der Waals surface area contributed by atoms with Gasteiger partial charge in [0.25, 0.3) is 0 Å². The summed E-state index contributed by atoms with van der Waals surface area (Å²) in [6, 6.07) is 16.3. The van der Waals surface area contributed by atoms with Gasteiger partial charge in [0.2, 0.25) is 0 Å². The average molecular weight is 689 g/mol. The van der Waals surface area contributed by atoms with Crippen LogP contribution in [0, 0.1) is 46.3 Å². The van der Waals surface area contributed by atoms with Gasteiger partial charge in [-0.3, -0.25) is 4.52 Å². The van der Waals surface area contributed by atoms with Crippen LogP contribution in [-0.2, 0) is 20.0 Å². The van der Waals surface area contributed by atoms with Crippen molar-refractivity contribution in [3.05, 3.63) is 77.4 Å². The summed E-state index contributed by atoms with van der Waals surface area (Å²) >= 11 is 0. The average Bonchev–Trinajstić information content (AvgIpc) is 3.43. The highest BCUT2D eigenvalue weighted by Gasteiger charge is 2.59. The molecule has 1 unspecified atom stereocenters. The molecule has 0 saturated heterocycles. The molecule has 6 heteroatoms. The van der Waals surface area contributed by atoms with Crippen LogP contribution in [0.5, 0.6) is 5.75 Å². The second-order valence-corrected chi connectivity index (χ2v) is 18.8. The molecule has 0 radical (unpaired) electrons. The Kier molecular flexibility index (Phi) is 11.2. The van der Waals surface area contributed by atoms with Crippen molar-refractivity contribution >= 4 is 13.6 Å². The van der Waals surface area contributed by atoms with Gasteiger partial charge in [-0.05, 0) is 128 Å². The van der Waals surface area contributed by atoms with Gasteiger partial charge in [0.1, 0.15) is 11.9 Å². The molecule has 0 spiro atoms. The van der Waals surface area contributed by atoms with Crippen LogP contribution in [0.25, 0.3) is 0 Å². The predicted molar refractivity (Wildman–Crippen MR) is 199 cm³/mol. The first-order chi connectivity index (χ1) is 23.4. The molecule has 0 N–H and O–H groups in total. The van der Waals surface area contributed by atoms with Crippen molar-refractivity contribution in [2.75, 3.05) is 6.61 Å². The highest BCUT2D eigenvalue weighted by molar-refractivity contribution is 7.53. The number of hydrogen-bond acceptors (Lipinski definition) is 5. The number of ether oxygens (including phenoxy) is 1. The molecule has 5 nitrogen and oxygen atoms in total. The third-order valence-corrected chi connectivity index (χ3v) is 15.3. The van der Waals surface area contributed by atoms with E-state index in [-0.39, 0.29) is 30.3 Å². The Balaban J connectivity index is 1.05. The number of carbonyl (C=O) groups excluding carboxylic acids is 1. The maximum Gasteiger partial charge on any atom is 0.383 e. The summed E-state index contributed by atoms with van der Waals surface area (Å²) in [6.07, 6.45) is 16.4.